The van der Waals surface area contributed by atoms with E-state index in [4.69, 9.17) is 5.26 Å². The van der Waals surface area contributed by atoms with Gasteiger partial charge in [-0.2, -0.15) is 5.26 Å². The van der Waals surface area contributed by atoms with Gasteiger partial charge in [-0.1, -0.05) is 0 Å². The summed E-state index contributed by atoms with van der Waals surface area (Å²) in [6.07, 6.45) is 3.04. The van der Waals surface area contributed by atoms with Crippen LogP contribution in [0.4, 0.5) is 0 Å². The molecule has 1 aromatic heterocycles. The molecular formula is C13H15N3. The maximum atomic E-state index is 8.88. The largest absolute Gasteiger partial charge is 0.361 e. The number of nitrogens with zero attached hydrogens (tertiary/aromatic N) is 2. The summed E-state index contributed by atoms with van der Waals surface area (Å²) < 4.78 is 0. The van der Waals surface area contributed by atoms with Crippen LogP contribution in [0, 0.1) is 11.3 Å². The lowest BCUT2D eigenvalue weighted by molar-refractivity contribution is 0.414. The smallest absolute Gasteiger partial charge is 0.0991 e. The van der Waals surface area contributed by atoms with Crippen LogP contribution in [-0.2, 0) is 6.42 Å². The van der Waals surface area contributed by atoms with Crippen LogP contribution in [-0.4, -0.2) is 30.5 Å². The summed E-state index contributed by atoms with van der Waals surface area (Å²) in [5, 5.41) is 10.0. The molecule has 2 rings (SSSR count). The standard InChI is InChI=1S/C13H15N3/c1-16(2)6-5-11-9-15-13-4-3-10(8-14)7-12(11)13/h3-4,7,9,15H,5-6H2,1-2H3. The number of H-pyrrole nitrogens is 1. The molecule has 0 saturated carbocycles. The molecule has 1 N–H and O–H groups in total. The molecule has 1 heterocycles. The summed E-state index contributed by atoms with van der Waals surface area (Å²) in [5.41, 5.74) is 3.10. The maximum absolute atomic E-state index is 8.88. The van der Waals surface area contributed by atoms with E-state index < -0.39 is 0 Å². The first-order chi connectivity index (χ1) is 7.70. The van der Waals surface area contributed by atoms with Crippen LogP contribution in [0.1, 0.15) is 11.1 Å². The Morgan fingerprint density at radius 2 is 2.19 bits per heavy atom. The van der Waals surface area contributed by atoms with Gasteiger partial charge in [0.25, 0.3) is 0 Å². The van der Waals surface area contributed by atoms with Gasteiger partial charge in [-0.3, -0.25) is 0 Å². The second kappa shape index (κ2) is 4.38. The van der Waals surface area contributed by atoms with Gasteiger partial charge in [0.15, 0.2) is 0 Å². The van der Waals surface area contributed by atoms with Crippen LogP contribution in [0.5, 0.6) is 0 Å². The molecular weight excluding hydrogens is 198 g/mol. The number of likely N-dealkylation sites (N-methyl/N-ethyl adjacent to an activating group) is 1. The predicted octanol–water partition coefficient (Wildman–Crippen LogP) is 2.14. The number of fused-ring (bicyclic) bond motifs is 1. The lowest BCUT2D eigenvalue weighted by atomic mass is 10.1. The van der Waals surface area contributed by atoms with E-state index in [9.17, 15) is 0 Å². The van der Waals surface area contributed by atoms with Crippen LogP contribution < -0.4 is 0 Å². The van der Waals surface area contributed by atoms with Gasteiger partial charge >= 0.3 is 0 Å². The Bertz CT molecular complexity index is 532. The Hall–Kier alpha value is -1.79. The molecule has 0 aliphatic carbocycles. The second-order valence-corrected chi connectivity index (χ2v) is 4.24. The van der Waals surface area contributed by atoms with E-state index in [-0.39, 0.29) is 0 Å². The molecule has 0 aliphatic heterocycles. The Morgan fingerprint density at radius 1 is 1.38 bits per heavy atom. The molecule has 16 heavy (non-hydrogen) atoms. The van der Waals surface area contributed by atoms with Gasteiger partial charge in [0.05, 0.1) is 11.6 Å². The Morgan fingerprint density at radius 3 is 2.88 bits per heavy atom. The summed E-state index contributed by atoms with van der Waals surface area (Å²) in [6, 6.07) is 7.94. The first kappa shape index (κ1) is 10.7. The lowest BCUT2D eigenvalue weighted by Gasteiger charge is -2.08. The van der Waals surface area contributed by atoms with Crippen LogP contribution in [0.15, 0.2) is 24.4 Å². The zero-order chi connectivity index (χ0) is 11.5. The average Bonchev–Trinajstić information content (AvgIpc) is 2.68. The molecule has 0 aliphatic rings. The van der Waals surface area contributed by atoms with Crippen molar-refractivity contribution in [3.63, 3.8) is 0 Å². The molecule has 0 radical (unpaired) electrons. The van der Waals surface area contributed by atoms with Crippen molar-refractivity contribution in [1.82, 2.24) is 9.88 Å². The van der Waals surface area contributed by atoms with Crippen molar-refractivity contribution in [2.45, 2.75) is 6.42 Å². The molecule has 2 aromatic rings. The SMILES string of the molecule is CN(C)CCc1c[nH]c2ccc(C#N)cc12. The second-order valence-electron chi connectivity index (χ2n) is 4.24. The van der Waals surface area contributed by atoms with E-state index in [0.29, 0.717) is 0 Å². The topological polar surface area (TPSA) is 42.8 Å². The number of hydrogen-bond donors (Lipinski definition) is 1. The van der Waals surface area contributed by atoms with E-state index >= 15 is 0 Å². The summed E-state index contributed by atoms with van der Waals surface area (Å²) in [7, 11) is 4.13. The van der Waals surface area contributed by atoms with Gasteiger partial charge < -0.3 is 9.88 Å². The van der Waals surface area contributed by atoms with Crippen LogP contribution in [0.25, 0.3) is 10.9 Å². The number of rotatable bonds is 3. The summed E-state index contributed by atoms with van der Waals surface area (Å²) in [6.45, 7) is 1.02. The highest BCUT2D eigenvalue weighted by Gasteiger charge is 2.04. The van der Waals surface area contributed by atoms with Crippen LogP contribution in [0.3, 0.4) is 0 Å². The highest BCUT2D eigenvalue weighted by atomic mass is 15.0. The zero-order valence-corrected chi connectivity index (χ0v) is 9.62. The molecule has 1 aromatic carbocycles. The van der Waals surface area contributed by atoms with Crippen molar-refractivity contribution < 1.29 is 0 Å². The Labute approximate surface area is 95.3 Å². The molecule has 0 unspecified atom stereocenters. The highest BCUT2D eigenvalue weighted by molar-refractivity contribution is 5.84. The van der Waals surface area contributed by atoms with Crippen LogP contribution in [0.2, 0.25) is 0 Å². The van der Waals surface area contributed by atoms with Gasteiger partial charge in [-0.25, -0.2) is 0 Å². The summed E-state index contributed by atoms with van der Waals surface area (Å²) in [5.74, 6) is 0. The molecule has 0 fully saturated rings. The number of nitriles is 1. The van der Waals surface area contributed by atoms with Gasteiger partial charge in [0, 0.05) is 23.6 Å². The van der Waals surface area contributed by atoms with Gasteiger partial charge in [0.1, 0.15) is 0 Å². The van der Waals surface area contributed by atoms with E-state index in [1.54, 1.807) is 0 Å². The van der Waals surface area contributed by atoms with E-state index in [1.807, 2.05) is 24.4 Å². The molecule has 0 atom stereocenters. The first-order valence-electron chi connectivity index (χ1n) is 5.35. The van der Waals surface area contributed by atoms with Crippen molar-refractivity contribution in [1.29, 1.82) is 5.26 Å². The molecule has 3 heteroatoms. The molecule has 82 valence electrons. The minimum absolute atomic E-state index is 0.721. The molecule has 0 amide bonds. The van der Waals surface area contributed by atoms with Crippen molar-refractivity contribution in [3.05, 3.63) is 35.5 Å². The fourth-order valence-electron chi connectivity index (χ4n) is 1.80. The zero-order valence-electron chi connectivity index (χ0n) is 9.62. The number of benzene rings is 1. The van der Waals surface area contributed by atoms with E-state index in [1.165, 1.54) is 10.9 Å². The number of aromatic nitrogens is 1. The fourth-order valence-corrected chi connectivity index (χ4v) is 1.80. The van der Waals surface area contributed by atoms with Gasteiger partial charge in [-0.15, -0.1) is 0 Å². The molecule has 0 saturated heterocycles. The predicted molar refractivity (Wildman–Crippen MR) is 65.3 cm³/mol. The number of aromatic amines is 1. The third kappa shape index (κ3) is 2.07. The molecule has 0 spiro atoms. The fraction of sp³-hybridized carbons (Fsp3) is 0.308. The number of hydrogen-bond acceptors (Lipinski definition) is 2. The maximum Gasteiger partial charge on any atom is 0.0991 e. The Kier molecular flexibility index (Phi) is 2.93. The lowest BCUT2D eigenvalue weighted by Crippen LogP contribution is -2.14. The van der Waals surface area contributed by atoms with Gasteiger partial charge in [-0.05, 0) is 44.3 Å². The van der Waals surface area contributed by atoms with Crippen molar-refractivity contribution in [3.8, 4) is 6.07 Å². The van der Waals surface area contributed by atoms with Crippen molar-refractivity contribution in [2.24, 2.45) is 0 Å². The monoisotopic (exact) mass is 213 g/mol. The molecule has 0 bridgehead atoms. The minimum Gasteiger partial charge on any atom is -0.361 e. The van der Waals surface area contributed by atoms with Crippen molar-refractivity contribution in [2.75, 3.05) is 20.6 Å². The first-order valence-corrected chi connectivity index (χ1v) is 5.35. The van der Waals surface area contributed by atoms with Crippen LogP contribution >= 0.6 is 0 Å². The van der Waals surface area contributed by atoms with Crippen molar-refractivity contribution >= 4 is 10.9 Å². The van der Waals surface area contributed by atoms with Gasteiger partial charge in [0.2, 0.25) is 0 Å². The Balaban J connectivity index is 2.35. The minimum atomic E-state index is 0.721. The normalized spacial score (nSPS) is 10.9. The average molecular weight is 213 g/mol. The molecule has 3 nitrogen and oxygen atoms in total. The quantitative estimate of drug-likeness (QED) is 0.848. The number of nitrogens with one attached hydrogen (secondary N) is 1. The third-order valence-electron chi connectivity index (χ3n) is 2.72. The van der Waals surface area contributed by atoms with E-state index in [0.717, 1.165) is 24.0 Å². The van der Waals surface area contributed by atoms with E-state index in [2.05, 4.69) is 30.0 Å². The highest BCUT2D eigenvalue weighted by Crippen LogP contribution is 2.20. The summed E-state index contributed by atoms with van der Waals surface area (Å²) >= 11 is 0. The third-order valence-corrected chi connectivity index (χ3v) is 2.72. The summed E-state index contributed by atoms with van der Waals surface area (Å²) in [4.78, 5) is 5.39.